The summed E-state index contributed by atoms with van der Waals surface area (Å²) in [5, 5.41) is 13.8. The van der Waals surface area contributed by atoms with Gasteiger partial charge < -0.3 is 10.6 Å². The highest BCUT2D eigenvalue weighted by molar-refractivity contribution is 9.10. The molecule has 0 aliphatic carbocycles. The monoisotopic (exact) mass is 450 g/mol. The Labute approximate surface area is 177 Å². The van der Waals surface area contributed by atoms with Crippen molar-refractivity contribution in [2.45, 2.75) is 13.5 Å². The molecule has 0 atom stereocenters. The van der Waals surface area contributed by atoms with E-state index in [1.165, 1.54) is 16.5 Å². The number of thiocarbonyl (C=S) groups is 1. The second kappa shape index (κ2) is 8.12. The molecule has 0 saturated carbocycles. The van der Waals surface area contributed by atoms with E-state index < -0.39 is 0 Å². The number of hydrogen-bond acceptors (Lipinski definition) is 2. The topological polar surface area (TPSA) is 41.9 Å². The van der Waals surface area contributed by atoms with Crippen molar-refractivity contribution < 1.29 is 0 Å². The lowest BCUT2D eigenvalue weighted by Gasteiger charge is -2.11. The third kappa shape index (κ3) is 4.24. The summed E-state index contributed by atoms with van der Waals surface area (Å²) in [5.74, 6) is 0.685. The number of halogens is 1. The summed E-state index contributed by atoms with van der Waals surface area (Å²) in [6, 6.07) is 22.8. The van der Waals surface area contributed by atoms with Crippen molar-refractivity contribution in [1.29, 1.82) is 0 Å². The highest BCUT2D eigenvalue weighted by Gasteiger charge is 2.10. The predicted molar refractivity (Wildman–Crippen MR) is 124 cm³/mol. The number of anilines is 2. The number of fused-ring (bicyclic) bond motifs is 1. The fourth-order valence-electron chi connectivity index (χ4n) is 3.04. The molecule has 0 aliphatic heterocycles. The molecule has 3 aromatic carbocycles. The van der Waals surface area contributed by atoms with E-state index in [9.17, 15) is 0 Å². The minimum Gasteiger partial charge on any atom is -0.332 e. The maximum Gasteiger partial charge on any atom is 0.176 e. The highest BCUT2D eigenvalue weighted by atomic mass is 79.9. The zero-order valence-corrected chi connectivity index (χ0v) is 17.7. The van der Waals surface area contributed by atoms with Crippen molar-refractivity contribution in [3.8, 4) is 0 Å². The molecule has 28 heavy (non-hydrogen) atoms. The van der Waals surface area contributed by atoms with Crippen LogP contribution in [0.1, 0.15) is 11.1 Å². The van der Waals surface area contributed by atoms with Crippen molar-refractivity contribution in [3.63, 3.8) is 0 Å². The van der Waals surface area contributed by atoms with Crippen LogP contribution in [-0.2, 0) is 6.54 Å². The van der Waals surface area contributed by atoms with E-state index >= 15 is 0 Å². The van der Waals surface area contributed by atoms with E-state index in [1.807, 2.05) is 35.1 Å². The van der Waals surface area contributed by atoms with Gasteiger partial charge in [-0.25, -0.2) is 0 Å². The summed E-state index contributed by atoms with van der Waals surface area (Å²) in [5.41, 5.74) is 3.41. The van der Waals surface area contributed by atoms with Crippen molar-refractivity contribution in [2.24, 2.45) is 0 Å². The second-order valence-corrected chi connectivity index (χ2v) is 7.88. The Morgan fingerprint density at radius 2 is 1.75 bits per heavy atom. The van der Waals surface area contributed by atoms with Crippen LogP contribution < -0.4 is 10.6 Å². The molecule has 2 N–H and O–H groups in total. The molecular weight excluding hydrogens is 432 g/mol. The maximum absolute atomic E-state index is 5.50. The van der Waals surface area contributed by atoms with Gasteiger partial charge in [0, 0.05) is 17.3 Å². The van der Waals surface area contributed by atoms with E-state index in [2.05, 4.69) is 81.1 Å². The van der Waals surface area contributed by atoms with Crippen molar-refractivity contribution >= 4 is 55.5 Å². The zero-order valence-electron chi connectivity index (χ0n) is 15.3. The molecule has 0 radical (unpaired) electrons. The molecule has 1 aromatic heterocycles. The fourth-order valence-corrected chi connectivity index (χ4v) is 3.66. The number of hydrogen-bond donors (Lipinski definition) is 2. The summed E-state index contributed by atoms with van der Waals surface area (Å²) in [4.78, 5) is 0. The van der Waals surface area contributed by atoms with Crippen LogP contribution in [0.5, 0.6) is 0 Å². The lowest BCUT2D eigenvalue weighted by atomic mass is 10.1. The summed E-state index contributed by atoms with van der Waals surface area (Å²) in [6.07, 6.45) is 1.95. The largest absolute Gasteiger partial charge is 0.332 e. The second-order valence-electron chi connectivity index (χ2n) is 6.61. The minimum absolute atomic E-state index is 0.498. The number of aromatic nitrogens is 2. The summed E-state index contributed by atoms with van der Waals surface area (Å²) in [7, 11) is 0. The molecular formula is C22H19BrN4S. The third-order valence-corrected chi connectivity index (χ3v) is 5.24. The van der Waals surface area contributed by atoms with Crippen LogP contribution in [0.25, 0.3) is 10.8 Å². The van der Waals surface area contributed by atoms with Crippen molar-refractivity contribution in [2.75, 3.05) is 10.6 Å². The zero-order chi connectivity index (χ0) is 19.5. The molecule has 140 valence electrons. The number of nitrogens with zero attached hydrogens (tertiary/aromatic N) is 2. The van der Waals surface area contributed by atoms with Crippen LogP contribution in [0.4, 0.5) is 11.5 Å². The normalized spacial score (nSPS) is 10.8. The molecule has 6 heteroatoms. The highest BCUT2D eigenvalue weighted by Crippen LogP contribution is 2.24. The lowest BCUT2D eigenvalue weighted by Crippen LogP contribution is -2.20. The van der Waals surface area contributed by atoms with E-state index in [4.69, 9.17) is 12.2 Å². The molecule has 4 rings (SSSR count). The lowest BCUT2D eigenvalue weighted by molar-refractivity contribution is 0.689. The first-order valence-electron chi connectivity index (χ1n) is 8.93. The molecule has 0 aliphatic rings. The Bertz CT molecular complexity index is 1130. The Morgan fingerprint density at radius 1 is 1.00 bits per heavy atom. The van der Waals surface area contributed by atoms with Gasteiger partial charge >= 0.3 is 0 Å². The molecule has 4 nitrogen and oxygen atoms in total. The van der Waals surface area contributed by atoms with Crippen LogP contribution in [0, 0.1) is 6.92 Å². The van der Waals surface area contributed by atoms with Gasteiger partial charge in [0.15, 0.2) is 10.9 Å². The van der Waals surface area contributed by atoms with E-state index in [0.29, 0.717) is 17.5 Å². The average Bonchev–Trinajstić information content (AvgIpc) is 3.02. The SMILES string of the molecule is Cc1ccc(Cn2cc(Br)c(NC(=S)Nc3cccc4ccccc34)n2)cc1. The number of aryl methyl sites for hydroxylation is 1. The minimum atomic E-state index is 0.498. The first-order chi connectivity index (χ1) is 13.6. The smallest absolute Gasteiger partial charge is 0.176 e. The van der Waals surface area contributed by atoms with Crippen LogP contribution in [0.3, 0.4) is 0 Å². The standard InChI is InChI=1S/C22H19BrN4S/c1-15-9-11-16(12-10-15)13-27-14-19(23)21(26-27)25-22(28)24-20-8-4-6-17-5-2-3-7-18(17)20/h2-12,14H,13H2,1H3,(H2,24,25,26,28). The maximum atomic E-state index is 5.50. The third-order valence-electron chi connectivity index (χ3n) is 4.45. The number of nitrogens with one attached hydrogen (secondary N) is 2. The van der Waals surface area contributed by atoms with Crippen molar-refractivity contribution in [3.05, 3.63) is 88.5 Å². The molecule has 0 bridgehead atoms. The van der Waals surface area contributed by atoms with Gasteiger partial charge in [0.2, 0.25) is 0 Å². The fraction of sp³-hybridized carbons (Fsp3) is 0.0909. The van der Waals surface area contributed by atoms with Gasteiger partial charge in [-0.1, -0.05) is 66.2 Å². The van der Waals surface area contributed by atoms with E-state index in [-0.39, 0.29) is 0 Å². The molecule has 0 amide bonds. The van der Waals surface area contributed by atoms with Gasteiger partial charge in [0.05, 0.1) is 11.0 Å². The summed E-state index contributed by atoms with van der Waals surface area (Å²) < 4.78 is 2.75. The molecule has 1 heterocycles. The number of rotatable bonds is 4. The van der Waals surface area contributed by atoms with Gasteiger partial charge in [-0.3, -0.25) is 4.68 Å². The van der Waals surface area contributed by atoms with Crippen LogP contribution in [-0.4, -0.2) is 14.9 Å². The quantitative estimate of drug-likeness (QED) is 0.376. The Kier molecular flexibility index (Phi) is 5.41. The van der Waals surface area contributed by atoms with Gasteiger partial charge in [-0.05, 0) is 52.1 Å². The van der Waals surface area contributed by atoms with Crippen LogP contribution in [0.2, 0.25) is 0 Å². The molecule has 4 aromatic rings. The summed E-state index contributed by atoms with van der Waals surface area (Å²) in [6.45, 7) is 2.78. The van der Waals surface area contributed by atoms with Crippen LogP contribution >= 0.6 is 28.1 Å². The van der Waals surface area contributed by atoms with Gasteiger partial charge in [-0.15, -0.1) is 0 Å². The Hall–Kier alpha value is -2.70. The molecule has 0 unspecified atom stereocenters. The van der Waals surface area contributed by atoms with Crippen LogP contribution in [0.15, 0.2) is 77.4 Å². The van der Waals surface area contributed by atoms with E-state index in [0.717, 1.165) is 15.5 Å². The van der Waals surface area contributed by atoms with Gasteiger partial charge in [0.25, 0.3) is 0 Å². The van der Waals surface area contributed by atoms with Gasteiger partial charge in [-0.2, -0.15) is 5.10 Å². The predicted octanol–water partition coefficient (Wildman–Crippen LogP) is 5.96. The Balaban J connectivity index is 1.47. The first-order valence-corrected chi connectivity index (χ1v) is 10.1. The first kappa shape index (κ1) is 18.7. The summed E-state index contributed by atoms with van der Waals surface area (Å²) >= 11 is 9.06. The Morgan fingerprint density at radius 3 is 2.57 bits per heavy atom. The molecule has 0 spiro atoms. The number of benzene rings is 3. The van der Waals surface area contributed by atoms with Gasteiger partial charge in [0.1, 0.15) is 0 Å². The average molecular weight is 451 g/mol. The molecule has 0 saturated heterocycles. The van der Waals surface area contributed by atoms with E-state index in [1.54, 1.807) is 0 Å². The van der Waals surface area contributed by atoms with Crippen molar-refractivity contribution in [1.82, 2.24) is 9.78 Å². The molecule has 0 fully saturated rings.